The lowest BCUT2D eigenvalue weighted by Gasteiger charge is -2.44. The van der Waals surface area contributed by atoms with Crippen molar-refractivity contribution >= 4 is 33.0 Å². The minimum absolute atomic E-state index is 0.0329. The van der Waals surface area contributed by atoms with Crippen LogP contribution in [0.5, 0.6) is 5.75 Å². The summed E-state index contributed by atoms with van der Waals surface area (Å²) in [7, 11) is -3.54. The molecule has 0 unspecified atom stereocenters. The molecular weight excluding hydrogens is 595 g/mol. The number of sulfonamides is 1. The molecule has 222 valence electrons. The third kappa shape index (κ3) is 6.15. The zero-order valence-corrected chi connectivity index (χ0v) is 22.6. The molecule has 0 spiro atoms. The summed E-state index contributed by atoms with van der Waals surface area (Å²) in [5, 5.41) is 9.21. The molecule has 1 aromatic heterocycles. The number of hydrogen-bond acceptors (Lipinski definition) is 7. The summed E-state index contributed by atoms with van der Waals surface area (Å²) in [5.41, 5.74) is -1.22. The number of benzene rings is 1. The quantitative estimate of drug-likeness (QED) is 0.391. The standard InChI is InChI=1S/C23H24F7N3O5S2/c1-21(24,25)4-3-12-9-33(13-7-22(26,27)8-13)15-5-14(23(28,29)30)16(6-18(15)40(36,37)32(12)2)38-10-17-19(20(34)35)31-11-39-17/h5-6,11-13H,3-4,7-10H2,1-2H3,(H,34,35)/t12-/m0/s1. The van der Waals surface area contributed by atoms with Crippen LogP contribution in [0.4, 0.5) is 36.4 Å². The number of carboxylic acid groups (broad SMARTS) is 1. The number of likely N-dealkylation sites (N-methyl/N-ethyl adjacent to an activating group) is 1. The van der Waals surface area contributed by atoms with Gasteiger partial charge in [-0.3, -0.25) is 0 Å². The highest BCUT2D eigenvalue weighted by Crippen LogP contribution is 2.48. The molecule has 2 aliphatic rings. The number of anilines is 1. The van der Waals surface area contributed by atoms with Crippen LogP contribution < -0.4 is 9.64 Å². The maximum atomic E-state index is 14.2. The Balaban J connectivity index is 1.82. The summed E-state index contributed by atoms with van der Waals surface area (Å²) in [6.45, 7) is -0.438. The molecule has 0 saturated heterocycles. The third-order valence-corrected chi connectivity index (χ3v) is 9.63. The number of ether oxygens (including phenoxy) is 1. The summed E-state index contributed by atoms with van der Waals surface area (Å²) in [5.74, 6) is -8.67. The summed E-state index contributed by atoms with van der Waals surface area (Å²) in [6.07, 6.45) is -7.72. The first-order valence-corrected chi connectivity index (χ1v) is 14.2. The SMILES string of the molecule is CN1[C@@H](CCC(C)(F)F)CN(C2CC(F)(F)C2)c2cc(C(F)(F)F)c(OCc3scnc3C(=O)O)cc2S1(=O)=O. The summed E-state index contributed by atoms with van der Waals surface area (Å²) >= 11 is 0.800. The van der Waals surface area contributed by atoms with Crippen molar-refractivity contribution in [3.63, 3.8) is 0 Å². The van der Waals surface area contributed by atoms with Crippen molar-refractivity contribution in [2.24, 2.45) is 0 Å². The largest absolute Gasteiger partial charge is 0.487 e. The summed E-state index contributed by atoms with van der Waals surface area (Å²) < 4.78 is 131. The second-order valence-corrected chi connectivity index (χ2v) is 12.8. The van der Waals surface area contributed by atoms with Gasteiger partial charge in [-0.25, -0.2) is 35.8 Å². The summed E-state index contributed by atoms with van der Waals surface area (Å²) in [4.78, 5) is 15.3. The second-order valence-electron chi connectivity index (χ2n) is 9.89. The lowest BCUT2D eigenvalue weighted by molar-refractivity contribution is -0.139. The average Bonchev–Trinajstić information content (AvgIpc) is 3.26. The first kappa shape index (κ1) is 30.3. The van der Waals surface area contributed by atoms with E-state index in [0.29, 0.717) is 19.1 Å². The monoisotopic (exact) mass is 619 g/mol. The molecule has 1 atom stereocenters. The smallest absolute Gasteiger partial charge is 0.420 e. The second kappa shape index (κ2) is 10.3. The van der Waals surface area contributed by atoms with E-state index in [1.54, 1.807) is 0 Å². The number of fused-ring (bicyclic) bond motifs is 1. The van der Waals surface area contributed by atoms with Crippen LogP contribution in [0.2, 0.25) is 0 Å². The fraction of sp³-hybridized carbons (Fsp3) is 0.565. The minimum atomic E-state index is -5.09. The van der Waals surface area contributed by atoms with Gasteiger partial charge in [0.2, 0.25) is 15.9 Å². The van der Waals surface area contributed by atoms with Gasteiger partial charge in [-0.1, -0.05) is 0 Å². The van der Waals surface area contributed by atoms with Crippen LogP contribution in [0.3, 0.4) is 0 Å². The highest BCUT2D eigenvalue weighted by Gasteiger charge is 2.51. The van der Waals surface area contributed by atoms with E-state index >= 15 is 0 Å². The highest BCUT2D eigenvalue weighted by atomic mass is 32.2. The van der Waals surface area contributed by atoms with Crippen molar-refractivity contribution in [3.8, 4) is 5.75 Å². The molecule has 0 radical (unpaired) electrons. The van der Waals surface area contributed by atoms with Gasteiger partial charge >= 0.3 is 12.1 Å². The highest BCUT2D eigenvalue weighted by molar-refractivity contribution is 7.89. The molecule has 4 rings (SSSR count). The van der Waals surface area contributed by atoms with E-state index in [4.69, 9.17) is 4.74 Å². The number of halogens is 7. The molecule has 1 aliphatic heterocycles. The van der Waals surface area contributed by atoms with Gasteiger partial charge in [-0.2, -0.15) is 17.5 Å². The van der Waals surface area contributed by atoms with Crippen molar-refractivity contribution in [2.45, 2.75) is 74.2 Å². The molecule has 2 heterocycles. The first-order chi connectivity index (χ1) is 18.3. The van der Waals surface area contributed by atoms with Crippen LogP contribution in [0.25, 0.3) is 0 Å². The van der Waals surface area contributed by atoms with Gasteiger partial charge in [-0.15, -0.1) is 11.3 Å². The Kier molecular flexibility index (Phi) is 7.81. The fourth-order valence-electron chi connectivity index (χ4n) is 4.69. The predicted molar refractivity (Wildman–Crippen MR) is 129 cm³/mol. The molecule has 1 N–H and O–H groups in total. The van der Waals surface area contributed by atoms with Gasteiger partial charge in [0.05, 0.1) is 21.6 Å². The third-order valence-electron chi connectivity index (χ3n) is 6.88. The van der Waals surface area contributed by atoms with Gasteiger partial charge in [0, 0.05) is 51.0 Å². The molecule has 1 fully saturated rings. The Morgan fingerprint density at radius 3 is 2.42 bits per heavy atom. The van der Waals surface area contributed by atoms with Gasteiger partial charge in [-0.05, 0) is 19.4 Å². The van der Waals surface area contributed by atoms with Crippen LogP contribution in [0, 0.1) is 0 Å². The predicted octanol–water partition coefficient (Wildman–Crippen LogP) is 5.48. The normalized spacial score (nSPS) is 21.4. The Hall–Kier alpha value is -2.66. The van der Waals surface area contributed by atoms with Gasteiger partial charge in [0.1, 0.15) is 17.3 Å². The number of thiazole rings is 1. The Morgan fingerprint density at radius 2 is 1.88 bits per heavy atom. The van der Waals surface area contributed by atoms with E-state index in [-0.39, 0.29) is 17.8 Å². The van der Waals surface area contributed by atoms with Crippen LogP contribution in [0.1, 0.15) is 53.5 Å². The molecule has 17 heteroatoms. The van der Waals surface area contributed by atoms with E-state index < -0.39 is 99.6 Å². The zero-order chi connectivity index (χ0) is 29.8. The Bertz CT molecular complexity index is 1380. The first-order valence-electron chi connectivity index (χ1n) is 11.8. The van der Waals surface area contributed by atoms with Crippen molar-refractivity contribution in [1.29, 1.82) is 0 Å². The molecule has 8 nitrogen and oxygen atoms in total. The number of rotatable bonds is 8. The van der Waals surface area contributed by atoms with Crippen molar-refractivity contribution < 1.29 is 53.8 Å². The zero-order valence-electron chi connectivity index (χ0n) is 21.0. The van der Waals surface area contributed by atoms with E-state index in [0.717, 1.165) is 33.1 Å². The molecule has 0 amide bonds. The lowest BCUT2D eigenvalue weighted by atomic mass is 9.86. The lowest BCUT2D eigenvalue weighted by Crippen LogP contribution is -2.54. The molecule has 1 aromatic carbocycles. The van der Waals surface area contributed by atoms with Gasteiger partial charge in [0.25, 0.3) is 5.92 Å². The number of hydrogen-bond donors (Lipinski definition) is 1. The van der Waals surface area contributed by atoms with E-state index in [2.05, 4.69) is 4.98 Å². The van der Waals surface area contributed by atoms with Crippen LogP contribution in [-0.2, 0) is 22.8 Å². The number of aromatic carboxylic acids is 1. The number of carbonyl (C=O) groups is 1. The van der Waals surface area contributed by atoms with Crippen LogP contribution >= 0.6 is 11.3 Å². The fourth-order valence-corrected chi connectivity index (χ4v) is 6.93. The van der Waals surface area contributed by atoms with Gasteiger partial charge < -0.3 is 14.7 Å². The number of carboxylic acids is 1. The maximum Gasteiger partial charge on any atom is 0.420 e. The average molecular weight is 620 g/mol. The summed E-state index contributed by atoms with van der Waals surface area (Å²) in [6, 6.07) is -1.09. The Morgan fingerprint density at radius 1 is 1.23 bits per heavy atom. The van der Waals surface area contributed by atoms with Gasteiger partial charge in [0.15, 0.2) is 5.69 Å². The molecule has 1 saturated carbocycles. The minimum Gasteiger partial charge on any atom is -0.487 e. The van der Waals surface area contributed by atoms with E-state index in [1.165, 1.54) is 0 Å². The molecule has 0 bridgehead atoms. The van der Waals surface area contributed by atoms with Crippen molar-refractivity contribution in [3.05, 3.63) is 33.8 Å². The number of alkyl halides is 7. The van der Waals surface area contributed by atoms with Crippen LogP contribution in [-0.4, -0.2) is 66.3 Å². The maximum absolute atomic E-state index is 14.2. The molecule has 2 aromatic rings. The molecular formula is C23H24F7N3O5S2. The number of nitrogens with zero attached hydrogens (tertiary/aromatic N) is 3. The topological polar surface area (TPSA) is 100 Å². The van der Waals surface area contributed by atoms with E-state index in [1.807, 2.05) is 0 Å². The molecule has 1 aliphatic carbocycles. The van der Waals surface area contributed by atoms with Crippen molar-refractivity contribution in [2.75, 3.05) is 18.5 Å². The Labute approximate surface area is 228 Å². The van der Waals surface area contributed by atoms with Crippen LogP contribution in [0.15, 0.2) is 22.5 Å². The molecule has 40 heavy (non-hydrogen) atoms. The van der Waals surface area contributed by atoms with E-state index in [9.17, 15) is 49.1 Å². The van der Waals surface area contributed by atoms with Crippen molar-refractivity contribution in [1.82, 2.24) is 9.29 Å². The number of aromatic nitrogens is 1.